The quantitative estimate of drug-likeness (QED) is 0.221. The van der Waals surface area contributed by atoms with E-state index >= 15 is 0 Å². The number of hydrogen-bond acceptors (Lipinski definition) is 3. The molecule has 37 heavy (non-hydrogen) atoms. The molecule has 0 aliphatic heterocycles. The van der Waals surface area contributed by atoms with Crippen molar-refractivity contribution in [1.82, 2.24) is 19.6 Å². The lowest BCUT2D eigenvalue weighted by molar-refractivity contribution is 0.358. The van der Waals surface area contributed by atoms with Crippen LogP contribution in [0.3, 0.4) is 0 Å². The van der Waals surface area contributed by atoms with Gasteiger partial charge in [-0.2, -0.15) is 0 Å². The van der Waals surface area contributed by atoms with Gasteiger partial charge >= 0.3 is 0 Å². The second kappa shape index (κ2) is 8.95. The predicted octanol–water partition coefficient (Wildman–Crippen LogP) is 7.73. The van der Waals surface area contributed by atoms with Gasteiger partial charge in [-0.3, -0.25) is 0 Å². The summed E-state index contributed by atoms with van der Waals surface area (Å²) in [6, 6.07) is 46.9. The molecule has 0 amide bonds. The fourth-order valence-corrected chi connectivity index (χ4v) is 6.76. The van der Waals surface area contributed by atoms with E-state index in [2.05, 4.69) is 136 Å². The van der Waals surface area contributed by atoms with Crippen LogP contribution in [0.1, 0.15) is 5.56 Å². The summed E-state index contributed by atoms with van der Waals surface area (Å²) >= 11 is 1.81. The first kappa shape index (κ1) is 21.9. The smallest absolute Gasteiger partial charge is 0.196 e. The lowest BCUT2D eigenvalue weighted by Gasteiger charge is -2.37. The number of para-hydroxylation sites is 3. The average molecular weight is 497 g/mol. The molecule has 0 saturated carbocycles. The highest BCUT2D eigenvalue weighted by molar-refractivity contribution is 8.00. The summed E-state index contributed by atoms with van der Waals surface area (Å²) in [6.45, 7) is 0. The summed E-state index contributed by atoms with van der Waals surface area (Å²) in [7, 11) is 0. The summed E-state index contributed by atoms with van der Waals surface area (Å²) in [6.07, 6.45) is 0.712. The minimum atomic E-state index is -0.679. The van der Waals surface area contributed by atoms with E-state index in [9.17, 15) is 0 Å². The van der Waals surface area contributed by atoms with Crippen molar-refractivity contribution in [3.63, 3.8) is 0 Å². The Morgan fingerprint density at radius 1 is 0.568 bits per heavy atom. The first-order valence-electron chi connectivity index (χ1n) is 12.4. The SMILES string of the molecule is c1ccc(CC(Sc2ccccc2)(n2nnc3ccccc32)n2c3ccccc3c3ccccc32)cc1. The molecule has 0 bridgehead atoms. The van der Waals surface area contributed by atoms with Gasteiger partial charge in [0.15, 0.2) is 4.99 Å². The van der Waals surface area contributed by atoms with E-state index < -0.39 is 4.99 Å². The molecule has 1 unspecified atom stereocenters. The summed E-state index contributed by atoms with van der Waals surface area (Å²) in [5, 5.41) is 11.9. The van der Waals surface area contributed by atoms with Gasteiger partial charge in [-0.05, 0) is 42.0 Å². The fourth-order valence-electron chi connectivity index (χ4n) is 5.34. The zero-order valence-corrected chi connectivity index (χ0v) is 20.9. The summed E-state index contributed by atoms with van der Waals surface area (Å²) < 4.78 is 4.61. The summed E-state index contributed by atoms with van der Waals surface area (Å²) in [4.78, 5) is 0.487. The number of hydrogen-bond donors (Lipinski definition) is 0. The maximum atomic E-state index is 4.85. The highest BCUT2D eigenvalue weighted by atomic mass is 32.2. The van der Waals surface area contributed by atoms with Gasteiger partial charge in [-0.15, -0.1) is 5.10 Å². The largest absolute Gasteiger partial charge is 0.306 e. The lowest BCUT2D eigenvalue weighted by Crippen LogP contribution is -2.41. The molecular formula is C32H24N4S. The van der Waals surface area contributed by atoms with Crippen LogP contribution in [0.15, 0.2) is 138 Å². The van der Waals surface area contributed by atoms with Crippen LogP contribution >= 0.6 is 11.8 Å². The number of rotatable bonds is 6. The average Bonchev–Trinajstić information content (AvgIpc) is 3.54. The molecule has 1 atom stereocenters. The summed E-state index contributed by atoms with van der Waals surface area (Å²) in [5.41, 5.74) is 5.45. The number of aromatic nitrogens is 4. The van der Waals surface area contributed by atoms with Crippen LogP contribution in [0.4, 0.5) is 0 Å². The van der Waals surface area contributed by atoms with Gasteiger partial charge in [0.2, 0.25) is 0 Å². The van der Waals surface area contributed by atoms with Crippen molar-refractivity contribution in [3.05, 3.63) is 139 Å². The Balaban J connectivity index is 1.64. The normalized spacial score (nSPS) is 13.3. The monoisotopic (exact) mass is 496 g/mol. The van der Waals surface area contributed by atoms with E-state index in [1.807, 2.05) is 23.9 Å². The van der Waals surface area contributed by atoms with Gasteiger partial charge in [0.25, 0.3) is 0 Å². The third-order valence-corrected chi connectivity index (χ3v) is 8.25. The lowest BCUT2D eigenvalue weighted by atomic mass is 10.1. The second-order valence-electron chi connectivity index (χ2n) is 9.18. The van der Waals surface area contributed by atoms with E-state index in [0.29, 0.717) is 6.42 Å². The van der Waals surface area contributed by atoms with E-state index in [1.165, 1.54) is 32.3 Å². The van der Waals surface area contributed by atoms with Crippen LogP contribution in [-0.4, -0.2) is 19.6 Å². The second-order valence-corrected chi connectivity index (χ2v) is 10.5. The Kier molecular flexibility index (Phi) is 5.29. The fraction of sp³-hybridized carbons (Fsp3) is 0.0625. The zero-order chi connectivity index (χ0) is 24.7. The van der Waals surface area contributed by atoms with Gasteiger partial charge < -0.3 is 4.57 Å². The molecule has 4 nitrogen and oxygen atoms in total. The molecule has 0 aliphatic carbocycles. The maximum absolute atomic E-state index is 4.85. The molecule has 2 aromatic heterocycles. The van der Waals surface area contributed by atoms with Crippen molar-refractivity contribution in [1.29, 1.82) is 0 Å². The minimum absolute atomic E-state index is 0.679. The Morgan fingerprint density at radius 2 is 1.11 bits per heavy atom. The van der Waals surface area contributed by atoms with E-state index in [0.717, 1.165) is 11.0 Å². The molecule has 7 rings (SSSR count). The Hall–Kier alpha value is -4.35. The Bertz CT molecular complexity index is 1740. The van der Waals surface area contributed by atoms with E-state index in [1.54, 1.807) is 0 Å². The highest BCUT2D eigenvalue weighted by Crippen LogP contribution is 2.47. The Morgan fingerprint density at radius 3 is 1.78 bits per heavy atom. The van der Waals surface area contributed by atoms with Crippen LogP contribution in [0.2, 0.25) is 0 Å². The van der Waals surface area contributed by atoms with Crippen molar-refractivity contribution in [2.45, 2.75) is 16.3 Å². The number of benzene rings is 5. The predicted molar refractivity (Wildman–Crippen MR) is 153 cm³/mol. The van der Waals surface area contributed by atoms with Crippen molar-refractivity contribution >= 4 is 44.6 Å². The molecule has 178 valence electrons. The van der Waals surface area contributed by atoms with Crippen LogP contribution in [0.5, 0.6) is 0 Å². The molecule has 2 heterocycles. The molecule has 0 spiro atoms. The number of thioether (sulfide) groups is 1. The van der Waals surface area contributed by atoms with Gasteiger partial charge in [0.05, 0.1) is 16.6 Å². The van der Waals surface area contributed by atoms with Crippen molar-refractivity contribution < 1.29 is 0 Å². The van der Waals surface area contributed by atoms with Crippen LogP contribution in [0.25, 0.3) is 32.8 Å². The highest BCUT2D eigenvalue weighted by Gasteiger charge is 2.41. The molecule has 0 aliphatic rings. The minimum Gasteiger partial charge on any atom is -0.306 e. The third-order valence-electron chi connectivity index (χ3n) is 6.91. The number of nitrogens with zero attached hydrogens (tertiary/aromatic N) is 4. The third kappa shape index (κ3) is 3.62. The first-order chi connectivity index (χ1) is 18.3. The number of fused-ring (bicyclic) bond motifs is 4. The van der Waals surface area contributed by atoms with Gasteiger partial charge in [-0.25, -0.2) is 4.68 Å². The molecule has 0 saturated heterocycles. The van der Waals surface area contributed by atoms with Gasteiger partial charge in [0, 0.05) is 22.1 Å². The van der Waals surface area contributed by atoms with Crippen LogP contribution < -0.4 is 0 Å². The van der Waals surface area contributed by atoms with E-state index in [-0.39, 0.29) is 0 Å². The van der Waals surface area contributed by atoms with Crippen molar-refractivity contribution in [2.75, 3.05) is 0 Å². The first-order valence-corrected chi connectivity index (χ1v) is 13.2. The molecule has 7 aromatic rings. The van der Waals surface area contributed by atoms with Crippen LogP contribution in [-0.2, 0) is 11.4 Å². The van der Waals surface area contributed by atoms with Crippen molar-refractivity contribution in [3.8, 4) is 0 Å². The molecule has 0 N–H and O–H groups in total. The standard InChI is InChI=1S/C32H24N4S/c1-3-13-24(14-4-1)23-32(37-25-15-5-2-6-16-25,36-31-22-12-9-19-28(31)33-34-36)35-29-20-10-7-17-26(29)27-18-8-11-21-30(27)35/h1-22H,23H2. The molecular weight excluding hydrogens is 472 g/mol. The van der Waals surface area contributed by atoms with E-state index in [4.69, 9.17) is 5.21 Å². The van der Waals surface area contributed by atoms with Gasteiger partial charge in [0.1, 0.15) is 5.52 Å². The molecule has 5 aromatic carbocycles. The molecule has 0 fully saturated rings. The van der Waals surface area contributed by atoms with Gasteiger partial charge in [-0.1, -0.05) is 114 Å². The molecule has 0 radical (unpaired) electrons. The van der Waals surface area contributed by atoms with Crippen LogP contribution in [0, 0.1) is 0 Å². The Labute approximate surface area is 219 Å². The zero-order valence-electron chi connectivity index (χ0n) is 20.1. The summed E-state index contributed by atoms with van der Waals surface area (Å²) in [5.74, 6) is 0. The maximum Gasteiger partial charge on any atom is 0.196 e. The topological polar surface area (TPSA) is 35.6 Å². The van der Waals surface area contributed by atoms with Crippen molar-refractivity contribution in [2.24, 2.45) is 0 Å². The molecule has 5 heteroatoms.